The Morgan fingerprint density at radius 2 is 1.78 bits per heavy atom. The normalized spacial score (nSPS) is 18.0. The molecular formula is C21H25NO4S. The third-order valence-electron chi connectivity index (χ3n) is 5.56. The van der Waals surface area contributed by atoms with Gasteiger partial charge in [-0.05, 0) is 67.9 Å². The van der Waals surface area contributed by atoms with Crippen LogP contribution in [0, 0.1) is 12.8 Å². The van der Waals surface area contributed by atoms with E-state index in [1.54, 1.807) is 16.4 Å². The first-order valence-electron chi connectivity index (χ1n) is 9.48. The molecule has 0 saturated carbocycles. The second-order valence-electron chi connectivity index (χ2n) is 7.34. The lowest BCUT2D eigenvalue weighted by molar-refractivity contribution is 0.174. The molecule has 2 aliphatic heterocycles. The Morgan fingerprint density at radius 3 is 2.56 bits per heavy atom. The highest BCUT2D eigenvalue weighted by Crippen LogP contribution is 2.34. The summed E-state index contributed by atoms with van der Waals surface area (Å²) in [5, 5.41) is 0. The molecule has 0 bridgehead atoms. The Morgan fingerprint density at radius 1 is 1.04 bits per heavy atom. The first kappa shape index (κ1) is 18.3. The van der Waals surface area contributed by atoms with E-state index in [2.05, 4.69) is 12.1 Å². The van der Waals surface area contributed by atoms with E-state index in [0.29, 0.717) is 30.7 Å². The van der Waals surface area contributed by atoms with Crippen LogP contribution in [0.1, 0.15) is 30.4 Å². The summed E-state index contributed by atoms with van der Waals surface area (Å²) in [6.45, 7) is 3.35. The lowest BCUT2D eigenvalue weighted by atomic mass is 9.91. The van der Waals surface area contributed by atoms with E-state index in [1.165, 1.54) is 5.56 Å². The molecular weight excluding hydrogens is 362 g/mol. The quantitative estimate of drug-likeness (QED) is 0.784. The van der Waals surface area contributed by atoms with Gasteiger partial charge in [-0.3, -0.25) is 0 Å². The Labute approximate surface area is 161 Å². The van der Waals surface area contributed by atoms with Gasteiger partial charge in [-0.2, -0.15) is 4.31 Å². The van der Waals surface area contributed by atoms with Gasteiger partial charge in [-0.15, -0.1) is 0 Å². The van der Waals surface area contributed by atoms with Crippen molar-refractivity contribution in [1.82, 2.24) is 4.31 Å². The average molecular weight is 388 g/mol. The maximum Gasteiger partial charge on any atom is 0.243 e. The third-order valence-corrected chi connectivity index (χ3v) is 7.62. The number of piperidine rings is 1. The van der Waals surface area contributed by atoms with Crippen LogP contribution in [-0.4, -0.2) is 32.6 Å². The smallest absolute Gasteiger partial charge is 0.243 e. The van der Waals surface area contributed by atoms with E-state index in [4.69, 9.17) is 9.47 Å². The number of aryl methyl sites for hydroxylation is 2. The maximum atomic E-state index is 12.9. The molecule has 0 aromatic heterocycles. The molecule has 6 heteroatoms. The van der Waals surface area contributed by atoms with Gasteiger partial charge < -0.3 is 9.47 Å². The lowest BCUT2D eigenvalue weighted by Crippen LogP contribution is -2.38. The van der Waals surface area contributed by atoms with Gasteiger partial charge in [0, 0.05) is 13.1 Å². The number of hydrogen-bond donors (Lipinski definition) is 0. The van der Waals surface area contributed by atoms with E-state index in [1.807, 2.05) is 25.1 Å². The summed E-state index contributed by atoms with van der Waals surface area (Å²) in [5.74, 6) is 2.19. The highest BCUT2D eigenvalue weighted by Gasteiger charge is 2.30. The molecule has 0 unspecified atom stereocenters. The van der Waals surface area contributed by atoms with E-state index in [9.17, 15) is 8.42 Å². The summed E-state index contributed by atoms with van der Waals surface area (Å²) in [6.07, 6.45) is 3.87. The van der Waals surface area contributed by atoms with Crippen LogP contribution in [-0.2, 0) is 16.4 Å². The summed E-state index contributed by atoms with van der Waals surface area (Å²) in [6, 6.07) is 13.3. The standard InChI is InChI=1S/C21H25NO4S/c1-16-4-2-3-5-21(16)27(23,24)22-12-10-17(11-13-22)6-7-18-8-9-19-20(14-18)26-15-25-19/h2-5,8-9,14,17H,6-7,10-13,15H2,1H3. The number of sulfonamides is 1. The molecule has 0 aliphatic carbocycles. The molecule has 2 heterocycles. The fourth-order valence-corrected chi connectivity index (χ4v) is 5.59. The fourth-order valence-electron chi connectivity index (χ4n) is 3.89. The number of nitrogens with zero attached hydrogens (tertiary/aromatic N) is 1. The molecule has 5 nitrogen and oxygen atoms in total. The van der Waals surface area contributed by atoms with E-state index in [-0.39, 0.29) is 0 Å². The van der Waals surface area contributed by atoms with Crippen LogP contribution in [0.5, 0.6) is 11.5 Å². The van der Waals surface area contributed by atoms with Crippen molar-refractivity contribution in [3.8, 4) is 11.5 Å². The van der Waals surface area contributed by atoms with Gasteiger partial charge >= 0.3 is 0 Å². The highest BCUT2D eigenvalue weighted by atomic mass is 32.2. The van der Waals surface area contributed by atoms with Crippen molar-refractivity contribution in [2.24, 2.45) is 5.92 Å². The molecule has 2 aromatic carbocycles. The lowest BCUT2D eigenvalue weighted by Gasteiger charge is -2.31. The first-order chi connectivity index (χ1) is 13.0. The summed E-state index contributed by atoms with van der Waals surface area (Å²) in [7, 11) is -3.39. The number of hydrogen-bond acceptors (Lipinski definition) is 4. The molecule has 27 heavy (non-hydrogen) atoms. The van der Waals surface area contributed by atoms with E-state index < -0.39 is 10.0 Å². The highest BCUT2D eigenvalue weighted by molar-refractivity contribution is 7.89. The Kier molecular flexibility index (Phi) is 5.10. The van der Waals surface area contributed by atoms with Gasteiger partial charge in [-0.1, -0.05) is 24.3 Å². The number of ether oxygens (including phenoxy) is 2. The van der Waals surface area contributed by atoms with Gasteiger partial charge in [0.05, 0.1) is 4.90 Å². The minimum absolute atomic E-state index is 0.298. The van der Waals surface area contributed by atoms with Gasteiger partial charge in [0.25, 0.3) is 0 Å². The zero-order valence-electron chi connectivity index (χ0n) is 15.6. The number of fused-ring (bicyclic) bond motifs is 1. The second-order valence-corrected chi connectivity index (χ2v) is 9.25. The minimum Gasteiger partial charge on any atom is -0.454 e. The van der Waals surface area contributed by atoms with Crippen molar-refractivity contribution in [2.45, 2.75) is 37.5 Å². The molecule has 0 atom stereocenters. The van der Waals surface area contributed by atoms with Crippen LogP contribution in [0.3, 0.4) is 0 Å². The molecule has 0 spiro atoms. The molecule has 1 fully saturated rings. The molecule has 2 aromatic rings. The van der Waals surface area contributed by atoms with Crippen LogP contribution < -0.4 is 9.47 Å². The number of benzene rings is 2. The predicted molar refractivity (Wildman–Crippen MR) is 104 cm³/mol. The van der Waals surface area contributed by atoms with Crippen molar-refractivity contribution in [3.05, 3.63) is 53.6 Å². The first-order valence-corrected chi connectivity index (χ1v) is 10.9. The Hall–Kier alpha value is -2.05. The van der Waals surface area contributed by atoms with Crippen LogP contribution >= 0.6 is 0 Å². The minimum atomic E-state index is -3.39. The average Bonchev–Trinajstić information content (AvgIpc) is 3.15. The van der Waals surface area contributed by atoms with Gasteiger partial charge in [-0.25, -0.2) is 8.42 Å². The molecule has 1 saturated heterocycles. The Balaban J connectivity index is 1.33. The maximum absolute atomic E-state index is 12.9. The monoisotopic (exact) mass is 387 g/mol. The van der Waals surface area contributed by atoms with Crippen LogP contribution in [0.4, 0.5) is 0 Å². The predicted octanol–water partition coefficient (Wildman–Crippen LogP) is 3.76. The molecule has 0 amide bonds. The van der Waals surface area contributed by atoms with Gasteiger partial charge in [0.2, 0.25) is 16.8 Å². The fraction of sp³-hybridized carbons (Fsp3) is 0.429. The summed E-state index contributed by atoms with van der Waals surface area (Å²) >= 11 is 0. The summed E-state index contributed by atoms with van der Waals surface area (Å²) < 4.78 is 38.2. The van der Waals surface area contributed by atoms with Crippen molar-refractivity contribution < 1.29 is 17.9 Å². The van der Waals surface area contributed by atoms with Crippen molar-refractivity contribution >= 4 is 10.0 Å². The zero-order chi connectivity index (χ0) is 18.9. The molecule has 144 valence electrons. The molecule has 2 aliphatic rings. The second kappa shape index (κ2) is 7.52. The molecule has 4 rings (SSSR count). The van der Waals surface area contributed by atoms with Crippen molar-refractivity contribution in [3.63, 3.8) is 0 Å². The van der Waals surface area contributed by atoms with Gasteiger partial charge in [0.15, 0.2) is 11.5 Å². The SMILES string of the molecule is Cc1ccccc1S(=O)(=O)N1CCC(CCc2ccc3c(c2)OCO3)CC1. The summed E-state index contributed by atoms with van der Waals surface area (Å²) in [4.78, 5) is 0.434. The van der Waals surface area contributed by atoms with Crippen molar-refractivity contribution in [2.75, 3.05) is 19.9 Å². The van der Waals surface area contributed by atoms with E-state index in [0.717, 1.165) is 42.7 Å². The van der Waals surface area contributed by atoms with Crippen LogP contribution in [0.2, 0.25) is 0 Å². The Bertz CT molecular complexity index is 918. The zero-order valence-corrected chi connectivity index (χ0v) is 16.4. The van der Waals surface area contributed by atoms with Crippen LogP contribution in [0.25, 0.3) is 0 Å². The van der Waals surface area contributed by atoms with Crippen LogP contribution in [0.15, 0.2) is 47.4 Å². The third kappa shape index (κ3) is 3.82. The van der Waals surface area contributed by atoms with Gasteiger partial charge in [0.1, 0.15) is 0 Å². The topological polar surface area (TPSA) is 55.8 Å². The molecule has 0 N–H and O–H groups in total. The largest absolute Gasteiger partial charge is 0.454 e. The molecule has 0 radical (unpaired) electrons. The summed E-state index contributed by atoms with van der Waals surface area (Å²) in [5.41, 5.74) is 2.05. The number of rotatable bonds is 5. The van der Waals surface area contributed by atoms with E-state index >= 15 is 0 Å². The van der Waals surface area contributed by atoms with Crippen molar-refractivity contribution in [1.29, 1.82) is 0 Å².